The Hall–Kier alpha value is -2.45. The first-order valence-electron chi connectivity index (χ1n) is 8.81. The van der Waals surface area contributed by atoms with Gasteiger partial charge in [0.15, 0.2) is 12.4 Å². The maximum atomic E-state index is 12.6. The van der Waals surface area contributed by atoms with Crippen molar-refractivity contribution in [3.8, 4) is 5.75 Å². The van der Waals surface area contributed by atoms with Crippen LogP contribution in [-0.2, 0) is 11.5 Å². The molecule has 2 heterocycles. The summed E-state index contributed by atoms with van der Waals surface area (Å²) in [6.45, 7) is 3.90. The third-order valence-electron chi connectivity index (χ3n) is 4.22. The molecule has 0 aliphatic carbocycles. The number of carbonyl (C=O) groups is 2. The van der Waals surface area contributed by atoms with Crippen LogP contribution in [0.4, 0.5) is 4.79 Å². The van der Waals surface area contributed by atoms with E-state index in [0.717, 1.165) is 0 Å². The number of piperazine rings is 1. The van der Waals surface area contributed by atoms with Gasteiger partial charge in [0, 0.05) is 32.4 Å². The molecule has 1 fully saturated rings. The zero-order valence-electron chi connectivity index (χ0n) is 15.3. The van der Waals surface area contributed by atoms with Gasteiger partial charge in [-0.3, -0.25) is 4.79 Å². The Labute approximate surface area is 172 Å². The lowest BCUT2D eigenvalue weighted by Gasteiger charge is -2.33. The molecule has 8 nitrogen and oxygen atoms in total. The van der Waals surface area contributed by atoms with Crippen LogP contribution in [-0.4, -0.2) is 64.4 Å². The van der Waals surface area contributed by atoms with Gasteiger partial charge < -0.3 is 19.3 Å². The first-order valence-corrected chi connectivity index (χ1v) is 9.56. The minimum atomic E-state index is -0.351. The molecule has 150 valence electrons. The first kappa shape index (κ1) is 20.3. The second-order valence-corrected chi connectivity index (χ2v) is 6.83. The summed E-state index contributed by atoms with van der Waals surface area (Å²) in [5.74, 6) is 0.246. The highest BCUT2D eigenvalue weighted by Crippen LogP contribution is 2.31. The molecule has 0 saturated carbocycles. The van der Waals surface area contributed by atoms with Gasteiger partial charge in [-0.2, -0.15) is 5.10 Å². The van der Waals surface area contributed by atoms with Crippen molar-refractivity contribution in [1.29, 1.82) is 0 Å². The zero-order chi connectivity index (χ0) is 20.1. The molecule has 2 amide bonds. The summed E-state index contributed by atoms with van der Waals surface area (Å²) in [5.41, 5.74) is 0.311. The molecule has 1 aromatic heterocycles. The van der Waals surface area contributed by atoms with Gasteiger partial charge in [-0.15, -0.1) is 0 Å². The predicted molar refractivity (Wildman–Crippen MR) is 104 cm³/mol. The van der Waals surface area contributed by atoms with E-state index in [2.05, 4.69) is 5.10 Å². The zero-order valence-corrected chi connectivity index (χ0v) is 16.8. The number of carbonyl (C=O) groups excluding carboxylic acids is 2. The summed E-state index contributed by atoms with van der Waals surface area (Å²) >= 11 is 12.0. The van der Waals surface area contributed by atoms with E-state index in [9.17, 15) is 9.59 Å². The predicted octanol–water partition coefficient (Wildman–Crippen LogP) is 3.14. The van der Waals surface area contributed by atoms with Gasteiger partial charge in [0.25, 0.3) is 5.91 Å². The van der Waals surface area contributed by atoms with Gasteiger partial charge in [0.2, 0.25) is 0 Å². The van der Waals surface area contributed by atoms with Crippen molar-refractivity contribution in [2.24, 2.45) is 0 Å². The molecule has 28 heavy (non-hydrogen) atoms. The van der Waals surface area contributed by atoms with Crippen LogP contribution >= 0.6 is 23.2 Å². The summed E-state index contributed by atoms with van der Waals surface area (Å²) in [6.07, 6.45) is 1.30. The Balaban J connectivity index is 1.54. The lowest BCUT2D eigenvalue weighted by Crippen LogP contribution is -2.50. The van der Waals surface area contributed by atoms with E-state index >= 15 is 0 Å². The summed E-state index contributed by atoms with van der Waals surface area (Å²) < 4.78 is 12.1. The maximum absolute atomic E-state index is 12.6. The Bertz CT molecular complexity index is 850. The number of hydrogen-bond donors (Lipinski definition) is 0. The van der Waals surface area contributed by atoms with Gasteiger partial charge in [-0.1, -0.05) is 29.3 Å². The van der Waals surface area contributed by atoms with Crippen LogP contribution in [0.5, 0.6) is 5.75 Å². The molecule has 0 atom stereocenters. The molecular weight excluding hydrogens is 407 g/mol. The second-order valence-electron chi connectivity index (χ2n) is 6.04. The van der Waals surface area contributed by atoms with Gasteiger partial charge in [0.05, 0.1) is 11.6 Å². The Morgan fingerprint density at radius 2 is 1.82 bits per heavy atom. The van der Waals surface area contributed by atoms with Crippen molar-refractivity contribution in [3.05, 3.63) is 46.2 Å². The van der Waals surface area contributed by atoms with Crippen molar-refractivity contribution in [2.75, 3.05) is 32.8 Å². The fourth-order valence-electron chi connectivity index (χ4n) is 2.75. The van der Waals surface area contributed by atoms with E-state index in [4.69, 9.17) is 32.7 Å². The largest absolute Gasteiger partial charge is 0.470 e. The molecule has 2 aromatic rings. The van der Waals surface area contributed by atoms with Crippen molar-refractivity contribution in [1.82, 2.24) is 19.6 Å². The Kier molecular flexibility index (Phi) is 6.64. The molecule has 1 aliphatic heterocycles. The number of nitrogens with zero attached hydrogens (tertiary/aromatic N) is 4. The number of benzene rings is 1. The van der Waals surface area contributed by atoms with Crippen LogP contribution < -0.4 is 4.74 Å². The highest BCUT2D eigenvalue weighted by molar-refractivity contribution is 6.42. The smallest absolute Gasteiger partial charge is 0.409 e. The van der Waals surface area contributed by atoms with E-state index in [0.29, 0.717) is 54.3 Å². The van der Waals surface area contributed by atoms with Crippen LogP contribution in [0.1, 0.15) is 17.4 Å². The monoisotopic (exact) mass is 426 g/mol. The summed E-state index contributed by atoms with van der Waals surface area (Å²) in [6, 6.07) is 6.73. The van der Waals surface area contributed by atoms with Crippen LogP contribution in [0.25, 0.3) is 0 Å². The molecule has 10 heteroatoms. The third kappa shape index (κ3) is 4.69. The second kappa shape index (κ2) is 9.16. The van der Waals surface area contributed by atoms with Gasteiger partial charge in [-0.25, -0.2) is 9.48 Å². The van der Waals surface area contributed by atoms with E-state index in [1.807, 2.05) is 0 Å². The maximum Gasteiger partial charge on any atom is 0.409 e. The van der Waals surface area contributed by atoms with E-state index in [1.54, 1.807) is 47.2 Å². The molecule has 0 N–H and O–H groups in total. The van der Waals surface area contributed by atoms with Crippen LogP contribution in [0.2, 0.25) is 10.0 Å². The van der Waals surface area contributed by atoms with Gasteiger partial charge in [-0.05, 0) is 25.1 Å². The molecule has 0 unspecified atom stereocenters. The third-order valence-corrected chi connectivity index (χ3v) is 5.02. The molecule has 1 aromatic carbocycles. The summed E-state index contributed by atoms with van der Waals surface area (Å²) in [4.78, 5) is 27.6. The topological polar surface area (TPSA) is 76.9 Å². The minimum Gasteiger partial charge on any atom is -0.470 e. The van der Waals surface area contributed by atoms with Gasteiger partial charge >= 0.3 is 6.09 Å². The highest BCUT2D eigenvalue weighted by Gasteiger charge is 2.26. The molecular formula is C18H20Cl2N4O4. The van der Waals surface area contributed by atoms with E-state index < -0.39 is 0 Å². The fraction of sp³-hybridized carbons (Fsp3) is 0.389. The average Bonchev–Trinajstić information content (AvgIpc) is 3.18. The summed E-state index contributed by atoms with van der Waals surface area (Å²) in [5, 5.41) is 4.98. The first-order chi connectivity index (χ1) is 13.5. The molecule has 3 rings (SSSR count). The highest BCUT2D eigenvalue weighted by atomic mass is 35.5. The normalized spacial score (nSPS) is 14.1. The molecule has 1 aliphatic rings. The Morgan fingerprint density at radius 3 is 2.54 bits per heavy atom. The van der Waals surface area contributed by atoms with Crippen LogP contribution in [0.3, 0.4) is 0 Å². The quantitative estimate of drug-likeness (QED) is 0.733. The van der Waals surface area contributed by atoms with E-state index in [1.165, 1.54) is 4.68 Å². The van der Waals surface area contributed by atoms with Crippen molar-refractivity contribution in [2.45, 2.75) is 13.7 Å². The molecule has 0 radical (unpaired) electrons. The van der Waals surface area contributed by atoms with Crippen LogP contribution in [0.15, 0.2) is 30.5 Å². The van der Waals surface area contributed by atoms with E-state index in [-0.39, 0.29) is 18.7 Å². The number of amides is 2. The minimum absolute atomic E-state index is 0.0873. The SMILES string of the molecule is CCOC(=O)N1CCN(C(=O)c2ccn(COc3cccc(Cl)c3Cl)n2)CC1. The Morgan fingerprint density at radius 1 is 1.11 bits per heavy atom. The number of hydrogen-bond acceptors (Lipinski definition) is 5. The fourth-order valence-corrected chi connectivity index (χ4v) is 3.09. The summed E-state index contributed by atoms with van der Waals surface area (Å²) in [7, 11) is 0. The molecule has 1 saturated heterocycles. The van der Waals surface area contributed by atoms with Crippen molar-refractivity contribution in [3.63, 3.8) is 0 Å². The van der Waals surface area contributed by atoms with Crippen LogP contribution in [0, 0.1) is 0 Å². The van der Waals surface area contributed by atoms with Crippen molar-refractivity contribution < 1.29 is 19.1 Å². The standard InChI is InChI=1S/C18H20Cl2N4O4/c1-2-27-18(26)23-10-8-22(9-11-23)17(25)14-6-7-24(21-14)12-28-15-5-3-4-13(19)16(15)20/h3-7H,2,8-12H2,1H3. The number of aromatic nitrogens is 2. The number of halogens is 2. The van der Waals surface area contributed by atoms with Gasteiger partial charge in [0.1, 0.15) is 10.8 Å². The molecule has 0 bridgehead atoms. The lowest BCUT2D eigenvalue weighted by atomic mass is 10.3. The lowest BCUT2D eigenvalue weighted by molar-refractivity contribution is 0.0564. The van der Waals surface area contributed by atoms with Crippen molar-refractivity contribution >= 4 is 35.2 Å². The molecule has 0 spiro atoms. The average molecular weight is 427 g/mol. The number of rotatable bonds is 5. The number of ether oxygens (including phenoxy) is 2.